The van der Waals surface area contributed by atoms with Crippen molar-refractivity contribution in [2.75, 3.05) is 26.3 Å². The maximum atomic E-state index is 13.3. The molecule has 1 aromatic carbocycles. The van der Waals surface area contributed by atoms with E-state index in [0.29, 0.717) is 30.9 Å². The van der Waals surface area contributed by atoms with Gasteiger partial charge in [0.25, 0.3) is 0 Å². The minimum atomic E-state index is -1.02. The minimum absolute atomic E-state index is 0.0496. The van der Waals surface area contributed by atoms with Crippen molar-refractivity contribution in [3.63, 3.8) is 0 Å². The number of rotatable bonds is 11. The van der Waals surface area contributed by atoms with Gasteiger partial charge in [0.15, 0.2) is 0 Å². The molecule has 1 heterocycles. The van der Waals surface area contributed by atoms with E-state index >= 15 is 0 Å². The quantitative estimate of drug-likeness (QED) is 0.344. The van der Waals surface area contributed by atoms with Gasteiger partial charge in [-0.25, -0.2) is 0 Å². The summed E-state index contributed by atoms with van der Waals surface area (Å²) in [4.78, 5) is 27.8. The van der Waals surface area contributed by atoms with Crippen LogP contribution in [0.15, 0.2) is 35.9 Å². The van der Waals surface area contributed by atoms with E-state index in [0.717, 1.165) is 29.3 Å². The van der Waals surface area contributed by atoms with E-state index in [9.17, 15) is 14.7 Å². The van der Waals surface area contributed by atoms with Crippen LogP contribution in [0.25, 0.3) is 0 Å². The van der Waals surface area contributed by atoms with Gasteiger partial charge in [-0.3, -0.25) is 9.59 Å². The number of unbranched alkanes of at least 4 members (excludes halogenated alkanes) is 1. The van der Waals surface area contributed by atoms with E-state index in [-0.39, 0.29) is 37.5 Å². The molecule has 1 saturated heterocycles. The average Bonchev–Trinajstić information content (AvgIpc) is 3.35. The molecule has 2 amide bonds. The third kappa shape index (κ3) is 7.16. The summed E-state index contributed by atoms with van der Waals surface area (Å²) in [5.41, 5.74) is 0.431. The number of amides is 2. The first-order valence-electron chi connectivity index (χ1n) is 12.0. The normalized spacial score (nSPS) is 24.4. The lowest BCUT2D eigenvalue weighted by Gasteiger charge is -2.41. The summed E-state index contributed by atoms with van der Waals surface area (Å²) in [6.45, 7) is 3.03. The largest absolute Gasteiger partial charge is 0.482 e. The Kier molecular flexibility index (Phi) is 10.6. The highest BCUT2D eigenvalue weighted by molar-refractivity contribution is 14.1. The van der Waals surface area contributed by atoms with Crippen molar-refractivity contribution < 1.29 is 29.3 Å². The van der Waals surface area contributed by atoms with Crippen LogP contribution in [-0.2, 0) is 14.3 Å². The van der Waals surface area contributed by atoms with E-state index in [1.165, 1.54) is 0 Å². The van der Waals surface area contributed by atoms with Crippen molar-refractivity contribution in [3.05, 3.63) is 39.5 Å². The maximum Gasteiger partial charge on any atom is 0.247 e. The number of hydrogen-bond donors (Lipinski definition) is 3. The zero-order valence-corrected chi connectivity index (χ0v) is 21.8. The van der Waals surface area contributed by atoms with Gasteiger partial charge in [0.1, 0.15) is 18.0 Å². The zero-order chi connectivity index (χ0) is 24.5. The highest BCUT2D eigenvalue weighted by Gasteiger charge is 2.41. The summed E-state index contributed by atoms with van der Waals surface area (Å²) < 4.78 is 12.8. The topological polar surface area (TPSA) is 108 Å². The number of aliphatic hydroxyl groups is 2. The molecule has 8 nitrogen and oxygen atoms in total. The number of ether oxygens (including phenoxy) is 2. The summed E-state index contributed by atoms with van der Waals surface area (Å²) in [6, 6.07) is 6.84. The first-order valence-corrected chi connectivity index (χ1v) is 13.1. The standard InChI is InChI=1S/C25H35IN2O6/c1-2-3-10-23(30)28(16-18-7-6-13-33-18)20-14-17(25(32)27-11-12-29)15-22(24(20)31)34-21-9-5-4-8-19(21)26/h4-5,8-9,15,18,20,22,24,29,31H,2-3,6-7,10-14,16H2,1H3,(H,27,32)/t18-,20+,22-,24-/m0/s1. The van der Waals surface area contributed by atoms with Gasteiger partial charge in [0.05, 0.1) is 22.3 Å². The van der Waals surface area contributed by atoms with Crippen LogP contribution in [0, 0.1) is 3.57 Å². The molecule has 0 spiro atoms. The Labute approximate surface area is 214 Å². The van der Waals surface area contributed by atoms with Gasteiger partial charge in [0, 0.05) is 38.1 Å². The lowest BCUT2D eigenvalue weighted by molar-refractivity contribution is -0.141. The monoisotopic (exact) mass is 586 g/mol. The van der Waals surface area contributed by atoms with Crippen molar-refractivity contribution in [2.24, 2.45) is 0 Å². The van der Waals surface area contributed by atoms with Crippen molar-refractivity contribution in [2.45, 2.75) is 69.8 Å². The molecule has 0 saturated carbocycles. The fourth-order valence-corrected chi connectivity index (χ4v) is 4.88. The van der Waals surface area contributed by atoms with Gasteiger partial charge in [-0.1, -0.05) is 25.5 Å². The summed E-state index contributed by atoms with van der Waals surface area (Å²) in [5.74, 6) is 0.217. The predicted octanol–water partition coefficient (Wildman–Crippen LogP) is 2.40. The molecule has 4 atom stereocenters. The Balaban J connectivity index is 1.90. The highest BCUT2D eigenvalue weighted by atomic mass is 127. The molecule has 1 aromatic rings. The van der Waals surface area contributed by atoms with Crippen molar-refractivity contribution in [1.29, 1.82) is 0 Å². The van der Waals surface area contributed by atoms with Crippen molar-refractivity contribution in [1.82, 2.24) is 10.2 Å². The van der Waals surface area contributed by atoms with Crippen LogP contribution >= 0.6 is 22.6 Å². The maximum absolute atomic E-state index is 13.3. The summed E-state index contributed by atoms with van der Waals surface area (Å²) in [7, 11) is 0. The Bertz CT molecular complexity index is 858. The number of halogens is 1. The molecule has 3 N–H and O–H groups in total. The third-order valence-corrected chi connectivity index (χ3v) is 7.09. The summed E-state index contributed by atoms with van der Waals surface area (Å²) >= 11 is 2.16. The van der Waals surface area contributed by atoms with E-state index in [1.54, 1.807) is 11.0 Å². The second-order valence-electron chi connectivity index (χ2n) is 8.73. The van der Waals surface area contributed by atoms with Crippen LogP contribution in [0.3, 0.4) is 0 Å². The smallest absolute Gasteiger partial charge is 0.247 e. The fraction of sp³-hybridized carbons (Fsp3) is 0.600. The number of para-hydroxylation sites is 1. The molecular formula is C25H35IN2O6. The van der Waals surface area contributed by atoms with Gasteiger partial charge in [-0.05, 0) is 60.1 Å². The van der Waals surface area contributed by atoms with Crippen LogP contribution in [0.2, 0.25) is 0 Å². The number of carbonyl (C=O) groups is 2. The number of aliphatic hydroxyl groups excluding tert-OH is 2. The van der Waals surface area contributed by atoms with Gasteiger partial charge < -0.3 is 29.9 Å². The summed E-state index contributed by atoms with van der Waals surface area (Å²) in [6.07, 6.45) is 3.77. The molecule has 0 unspecified atom stereocenters. The Morgan fingerprint density at radius 2 is 2.12 bits per heavy atom. The number of benzene rings is 1. The second-order valence-corrected chi connectivity index (χ2v) is 9.89. The fourth-order valence-electron chi connectivity index (χ4n) is 4.37. The molecule has 1 fully saturated rings. The van der Waals surface area contributed by atoms with E-state index in [1.807, 2.05) is 31.2 Å². The molecular weight excluding hydrogens is 551 g/mol. The van der Waals surface area contributed by atoms with Gasteiger partial charge in [-0.2, -0.15) is 0 Å². The molecule has 0 radical (unpaired) electrons. The van der Waals surface area contributed by atoms with Gasteiger partial charge in [0.2, 0.25) is 11.8 Å². The summed E-state index contributed by atoms with van der Waals surface area (Å²) in [5, 5.41) is 23.2. The first kappa shape index (κ1) is 26.9. The lowest BCUT2D eigenvalue weighted by atomic mass is 9.87. The third-order valence-electron chi connectivity index (χ3n) is 6.20. The number of nitrogens with zero attached hydrogens (tertiary/aromatic N) is 1. The van der Waals surface area contributed by atoms with E-state index < -0.39 is 18.2 Å². The number of nitrogens with one attached hydrogen (secondary N) is 1. The zero-order valence-electron chi connectivity index (χ0n) is 19.6. The lowest BCUT2D eigenvalue weighted by Crippen LogP contribution is -2.56. The van der Waals surface area contributed by atoms with Gasteiger partial charge in [-0.15, -0.1) is 0 Å². The average molecular weight is 586 g/mol. The number of carbonyl (C=O) groups excluding carboxylic acids is 2. The Hall–Kier alpha value is -1.69. The molecule has 3 rings (SSSR count). The van der Waals surface area contributed by atoms with E-state index in [2.05, 4.69) is 27.9 Å². The van der Waals surface area contributed by atoms with Crippen molar-refractivity contribution in [3.8, 4) is 5.75 Å². The van der Waals surface area contributed by atoms with Crippen molar-refractivity contribution >= 4 is 34.4 Å². The Morgan fingerprint density at radius 1 is 1.32 bits per heavy atom. The molecule has 0 aromatic heterocycles. The molecule has 1 aliphatic heterocycles. The molecule has 1 aliphatic carbocycles. The molecule has 9 heteroatoms. The first-order chi connectivity index (χ1) is 16.4. The second kappa shape index (κ2) is 13.4. The van der Waals surface area contributed by atoms with E-state index in [4.69, 9.17) is 14.6 Å². The number of hydrogen-bond acceptors (Lipinski definition) is 6. The molecule has 0 bridgehead atoms. The van der Waals surface area contributed by atoms with Gasteiger partial charge >= 0.3 is 0 Å². The molecule has 2 aliphatic rings. The van der Waals surface area contributed by atoms with Crippen LogP contribution in [0.5, 0.6) is 5.75 Å². The van der Waals surface area contributed by atoms with Crippen LogP contribution in [0.4, 0.5) is 0 Å². The van der Waals surface area contributed by atoms with Crippen LogP contribution in [0.1, 0.15) is 45.4 Å². The predicted molar refractivity (Wildman–Crippen MR) is 136 cm³/mol. The van der Waals surface area contributed by atoms with Crippen LogP contribution < -0.4 is 10.1 Å². The highest BCUT2D eigenvalue weighted by Crippen LogP contribution is 2.31. The minimum Gasteiger partial charge on any atom is -0.482 e. The SMILES string of the molecule is CCCCC(=O)N(C[C@@H]1CCCO1)[C@@H]1CC(C(=O)NCCO)=C[C@H](Oc2ccccc2I)[C@H]1O. The van der Waals surface area contributed by atoms with Crippen LogP contribution in [-0.4, -0.2) is 77.6 Å². The molecule has 34 heavy (non-hydrogen) atoms. The Morgan fingerprint density at radius 3 is 2.79 bits per heavy atom. The molecule has 188 valence electrons.